The van der Waals surface area contributed by atoms with Crippen molar-refractivity contribution in [2.24, 2.45) is 7.05 Å². The van der Waals surface area contributed by atoms with Crippen LogP contribution in [0.25, 0.3) is 11.1 Å². The van der Waals surface area contributed by atoms with Gasteiger partial charge in [-0.3, -0.25) is 9.67 Å². The van der Waals surface area contributed by atoms with Crippen molar-refractivity contribution in [3.8, 4) is 22.8 Å². The van der Waals surface area contributed by atoms with Gasteiger partial charge in [-0.05, 0) is 6.07 Å². The van der Waals surface area contributed by atoms with Crippen LogP contribution < -0.4 is 9.47 Å². The molecule has 2 heterocycles. The summed E-state index contributed by atoms with van der Waals surface area (Å²) in [5.41, 5.74) is 1.82. The van der Waals surface area contributed by atoms with Gasteiger partial charge in [0.1, 0.15) is 5.75 Å². The maximum absolute atomic E-state index is 5.19. The topological polar surface area (TPSA) is 49.2 Å². The number of hydrogen-bond acceptors (Lipinski definition) is 4. The summed E-state index contributed by atoms with van der Waals surface area (Å²) >= 11 is 0. The highest BCUT2D eigenvalue weighted by atomic mass is 16.5. The maximum Gasteiger partial charge on any atom is 0.240 e. The van der Waals surface area contributed by atoms with Crippen molar-refractivity contribution in [1.29, 1.82) is 0 Å². The normalized spacial score (nSPS) is 9.39. The maximum atomic E-state index is 5.19. The van der Waals surface area contributed by atoms with Crippen LogP contribution >= 0.6 is 0 Å². The molecule has 0 radical (unpaired) electrons. The molecular formula is C13H19N3O2. The van der Waals surface area contributed by atoms with E-state index in [0.717, 1.165) is 11.1 Å². The van der Waals surface area contributed by atoms with Crippen molar-refractivity contribution in [1.82, 2.24) is 14.8 Å². The minimum atomic E-state index is 0.581. The summed E-state index contributed by atoms with van der Waals surface area (Å²) in [5.74, 6) is 1.29. The van der Waals surface area contributed by atoms with E-state index >= 15 is 0 Å². The molecule has 0 aromatic carbocycles. The van der Waals surface area contributed by atoms with Gasteiger partial charge < -0.3 is 9.47 Å². The van der Waals surface area contributed by atoms with E-state index in [1.165, 1.54) is 0 Å². The summed E-state index contributed by atoms with van der Waals surface area (Å²) in [4.78, 5) is 4.10. The Morgan fingerprint density at radius 1 is 1.11 bits per heavy atom. The van der Waals surface area contributed by atoms with Gasteiger partial charge >= 0.3 is 0 Å². The molecule has 0 aliphatic carbocycles. The van der Waals surface area contributed by atoms with Crippen molar-refractivity contribution in [2.75, 3.05) is 14.2 Å². The van der Waals surface area contributed by atoms with Crippen LogP contribution in [-0.4, -0.2) is 29.0 Å². The van der Waals surface area contributed by atoms with E-state index in [0.29, 0.717) is 11.6 Å². The van der Waals surface area contributed by atoms with E-state index in [9.17, 15) is 0 Å². The van der Waals surface area contributed by atoms with Crippen LogP contribution in [0.2, 0.25) is 0 Å². The highest BCUT2D eigenvalue weighted by Gasteiger charge is 2.11. The minimum absolute atomic E-state index is 0.581. The molecular weight excluding hydrogens is 230 g/mol. The van der Waals surface area contributed by atoms with Crippen molar-refractivity contribution in [3.05, 3.63) is 24.7 Å². The Labute approximate surface area is 107 Å². The lowest BCUT2D eigenvalue weighted by molar-refractivity contribution is 0.393. The number of aryl methyl sites for hydroxylation is 1. The standard InChI is InChI=1S/C11H13N3O2.C2H6/c1-14-7-10(11(13-14)16-3)8-4-9(15-2)6-12-5-8;1-2/h4-7H,1-3H3;1-2H3. The molecule has 0 bridgehead atoms. The Morgan fingerprint density at radius 2 is 1.83 bits per heavy atom. The Morgan fingerprint density at radius 3 is 2.44 bits per heavy atom. The van der Waals surface area contributed by atoms with Crippen LogP contribution in [0.3, 0.4) is 0 Å². The molecule has 5 nitrogen and oxygen atoms in total. The Balaban J connectivity index is 0.000000771. The average Bonchev–Trinajstić information content (AvgIpc) is 2.82. The van der Waals surface area contributed by atoms with Gasteiger partial charge in [0.25, 0.3) is 0 Å². The Kier molecular flexibility index (Phi) is 5.17. The summed E-state index contributed by atoms with van der Waals surface area (Å²) in [5, 5.41) is 4.19. The van der Waals surface area contributed by atoms with Crippen LogP contribution in [0.5, 0.6) is 11.6 Å². The summed E-state index contributed by atoms with van der Waals surface area (Å²) in [6, 6.07) is 1.90. The summed E-state index contributed by atoms with van der Waals surface area (Å²) < 4.78 is 12.0. The molecule has 5 heteroatoms. The van der Waals surface area contributed by atoms with Gasteiger partial charge in [0.2, 0.25) is 5.88 Å². The fourth-order valence-electron chi connectivity index (χ4n) is 1.49. The average molecular weight is 249 g/mol. The van der Waals surface area contributed by atoms with E-state index in [4.69, 9.17) is 9.47 Å². The monoisotopic (exact) mass is 249 g/mol. The first-order chi connectivity index (χ1) is 8.74. The van der Waals surface area contributed by atoms with Crippen molar-refractivity contribution < 1.29 is 9.47 Å². The zero-order valence-corrected chi connectivity index (χ0v) is 11.5. The van der Waals surface area contributed by atoms with Crippen LogP contribution in [0.4, 0.5) is 0 Å². The molecule has 98 valence electrons. The van der Waals surface area contributed by atoms with Gasteiger partial charge in [-0.2, -0.15) is 0 Å². The predicted molar refractivity (Wildman–Crippen MR) is 70.9 cm³/mol. The van der Waals surface area contributed by atoms with Crippen LogP contribution in [0.15, 0.2) is 24.7 Å². The molecule has 2 rings (SSSR count). The number of aromatic nitrogens is 3. The van der Waals surface area contributed by atoms with Gasteiger partial charge in [0, 0.05) is 25.0 Å². The van der Waals surface area contributed by atoms with E-state index in [1.54, 1.807) is 31.3 Å². The number of methoxy groups -OCH3 is 2. The van der Waals surface area contributed by atoms with E-state index in [2.05, 4.69) is 10.1 Å². The molecule has 0 saturated carbocycles. The molecule has 2 aromatic rings. The van der Waals surface area contributed by atoms with Crippen LogP contribution in [-0.2, 0) is 7.05 Å². The van der Waals surface area contributed by atoms with Crippen molar-refractivity contribution in [3.63, 3.8) is 0 Å². The third-order valence-electron chi connectivity index (χ3n) is 2.25. The van der Waals surface area contributed by atoms with Gasteiger partial charge in [-0.1, -0.05) is 13.8 Å². The molecule has 0 atom stereocenters. The summed E-state index contributed by atoms with van der Waals surface area (Å²) in [7, 11) is 5.06. The number of ether oxygens (including phenoxy) is 2. The van der Waals surface area contributed by atoms with Crippen LogP contribution in [0.1, 0.15) is 13.8 Å². The predicted octanol–water partition coefficient (Wildman–Crippen LogP) is 2.53. The molecule has 0 aliphatic rings. The Hall–Kier alpha value is -2.04. The van der Waals surface area contributed by atoms with Gasteiger partial charge in [0.15, 0.2) is 0 Å². The third-order valence-corrected chi connectivity index (χ3v) is 2.25. The highest BCUT2D eigenvalue weighted by Crippen LogP contribution is 2.29. The summed E-state index contributed by atoms with van der Waals surface area (Å²) in [6.45, 7) is 4.00. The zero-order chi connectivity index (χ0) is 13.5. The van der Waals surface area contributed by atoms with Crippen molar-refractivity contribution >= 4 is 0 Å². The van der Waals surface area contributed by atoms with Crippen molar-refractivity contribution in [2.45, 2.75) is 13.8 Å². The lowest BCUT2D eigenvalue weighted by atomic mass is 10.1. The van der Waals surface area contributed by atoms with E-state index < -0.39 is 0 Å². The molecule has 0 aliphatic heterocycles. The number of hydrogen-bond donors (Lipinski definition) is 0. The largest absolute Gasteiger partial charge is 0.495 e. The molecule has 0 saturated heterocycles. The van der Waals surface area contributed by atoms with Gasteiger partial charge in [0.05, 0.1) is 26.0 Å². The molecule has 0 unspecified atom stereocenters. The van der Waals surface area contributed by atoms with E-state index in [1.807, 2.05) is 33.2 Å². The second kappa shape index (κ2) is 6.64. The smallest absolute Gasteiger partial charge is 0.240 e. The molecule has 0 spiro atoms. The molecule has 18 heavy (non-hydrogen) atoms. The highest BCUT2D eigenvalue weighted by molar-refractivity contribution is 5.68. The lowest BCUT2D eigenvalue weighted by Crippen LogP contribution is -1.89. The minimum Gasteiger partial charge on any atom is -0.495 e. The van der Waals surface area contributed by atoms with Crippen LogP contribution in [0, 0.1) is 0 Å². The number of nitrogens with zero attached hydrogens (tertiary/aromatic N) is 3. The number of rotatable bonds is 3. The Bertz CT molecular complexity index is 495. The van der Waals surface area contributed by atoms with Gasteiger partial charge in [-0.25, -0.2) is 0 Å². The molecule has 2 aromatic heterocycles. The first-order valence-corrected chi connectivity index (χ1v) is 5.81. The second-order valence-electron chi connectivity index (χ2n) is 3.34. The quantitative estimate of drug-likeness (QED) is 0.838. The molecule has 0 N–H and O–H groups in total. The SMILES string of the molecule is CC.COc1cncc(-c2cn(C)nc2OC)c1. The summed E-state index contributed by atoms with van der Waals surface area (Å²) in [6.07, 6.45) is 5.30. The zero-order valence-electron chi connectivity index (χ0n) is 11.5. The molecule has 0 fully saturated rings. The fourth-order valence-corrected chi connectivity index (χ4v) is 1.49. The molecule has 0 amide bonds. The first-order valence-electron chi connectivity index (χ1n) is 5.81. The lowest BCUT2D eigenvalue weighted by Gasteiger charge is -2.03. The third kappa shape index (κ3) is 3.00. The number of pyridine rings is 1. The van der Waals surface area contributed by atoms with Gasteiger partial charge in [-0.15, -0.1) is 5.10 Å². The fraction of sp³-hybridized carbons (Fsp3) is 0.385. The second-order valence-corrected chi connectivity index (χ2v) is 3.34. The van der Waals surface area contributed by atoms with E-state index in [-0.39, 0.29) is 0 Å². The first kappa shape index (κ1) is 14.0.